The molecule has 2 aromatic rings. The van der Waals surface area contributed by atoms with E-state index in [1.165, 1.54) is 20.4 Å². The van der Waals surface area contributed by atoms with Crippen LogP contribution in [0, 0.1) is 0 Å². The lowest BCUT2D eigenvalue weighted by Crippen LogP contribution is -2.16. The number of benzene rings is 2. The van der Waals surface area contributed by atoms with Gasteiger partial charge in [-0.05, 0) is 50.6 Å². The third-order valence-corrected chi connectivity index (χ3v) is 6.58. The molecule has 0 atom stereocenters. The van der Waals surface area contributed by atoms with Crippen molar-refractivity contribution in [1.82, 2.24) is 0 Å². The molecular weight excluding hydrogens is 315 g/mol. The lowest BCUT2D eigenvalue weighted by Gasteiger charge is -2.21. The summed E-state index contributed by atoms with van der Waals surface area (Å²) in [6, 6.07) is 17.5. The van der Waals surface area contributed by atoms with Crippen LogP contribution in [0.25, 0.3) is 0 Å². The summed E-state index contributed by atoms with van der Waals surface area (Å²) in [5.74, 6) is 0. The minimum absolute atomic E-state index is 0.219. The molecule has 0 fully saturated rings. The highest BCUT2D eigenvalue weighted by atomic mass is 32.2. The van der Waals surface area contributed by atoms with Crippen molar-refractivity contribution in [3.63, 3.8) is 0 Å². The van der Waals surface area contributed by atoms with E-state index >= 15 is 0 Å². The molecule has 1 nitrogen and oxygen atoms in total. The zero-order chi connectivity index (χ0) is 15.2. The molecule has 0 saturated heterocycles. The van der Waals surface area contributed by atoms with Crippen LogP contribution in [0.2, 0.25) is 0 Å². The Morgan fingerprint density at radius 3 is 1.43 bits per heavy atom. The fourth-order valence-electron chi connectivity index (χ4n) is 1.92. The molecule has 0 saturated carbocycles. The first-order valence-corrected chi connectivity index (χ1v) is 10.6. The van der Waals surface area contributed by atoms with Crippen molar-refractivity contribution in [3.05, 3.63) is 48.5 Å². The van der Waals surface area contributed by atoms with Gasteiger partial charge in [0.25, 0.3) is 0 Å². The first kappa shape index (κ1) is 16.9. The normalized spacial score (nSPS) is 11.3. The lowest BCUT2D eigenvalue weighted by atomic mass is 10.4. The molecule has 0 aliphatic heterocycles. The fourth-order valence-corrected chi connectivity index (χ4v) is 4.54. The molecule has 0 aliphatic rings. The third-order valence-electron chi connectivity index (χ3n) is 2.93. The van der Waals surface area contributed by atoms with E-state index in [2.05, 4.69) is 74.9 Å². The van der Waals surface area contributed by atoms with E-state index in [-0.39, 0.29) is 6.10 Å². The van der Waals surface area contributed by atoms with Crippen LogP contribution >= 0.6 is 31.7 Å². The van der Waals surface area contributed by atoms with E-state index in [1.54, 1.807) is 23.5 Å². The van der Waals surface area contributed by atoms with Gasteiger partial charge in [-0.1, -0.05) is 24.3 Å². The summed E-state index contributed by atoms with van der Waals surface area (Å²) in [6.07, 6.45) is 4.42. The number of hydrogen-bond donors (Lipinski definition) is 0. The van der Waals surface area contributed by atoms with Crippen molar-refractivity contribution >= 4 is 42.3 Å². The van der Waals surface area contributed by atoms with Gasteiger partial charge < -0.3 is 4.52 Å². The van der Waals surface area contributed by atoms with Gasteiger partial charge >= 0.3 is 0 Å². The largest absolute Gasteiger partial charge is 0.347 e. The smallest absolute Gasteiger partial charge is 0.0921 e. The van der Waals surface area contributed by atoms with E-state index in [0.717, 1.165) is 0 Å². The summed E-state index contributed by atoms with van der Waals surface area (Å²) in [5, 5.41) is 2.54. The van der Waals surface area contributed by atoms with Gasteiger partial charge in [0.1, 0.15) is 0 Å². The van der Waals surface area contributed by atoms with Crippen LogP contribution in [0.15, 0.2) is 58.3 Å². The minimum Gasteiger partial charge on any atom is -0.347 e. The van der Waals surface area contributed by atoms with E-state index in [0.29, 0.717) is 0 Å². The third kappa shape index (κ3) is 4.75. The molecule has 0 amide bonds. The summed E-state index contributed by atoms with van der Waals surface area (Å²) in [7, 11) is -0.744. The van der Waals surface area contributed by atoms with Crippen molar-refractivity contribution in [1.29, 1.82) is 0 Å². The minimum atomic E-state index is -0.744. The maximum Gasteiger partial charge on any atom is 0.0921 e. The quantitative estimate of drug-likeness (QED) is 0.548. The van der Waals surface area contributed by atoms with Gasteiger partial charge in [-0.3, -0.25) is 0 Å². The molecule has 0 bridgehead atoms. The highest BCUT2D eigenvalue weighted by Crippen LogP contribution is 2.37. The standard InChI is InChI=1S/C17H21OPS2/c1-13(2)18-19(14-5-9-16(20-3)10-6-14)15-7-11-17(21-4)12-8-15/h5-13H,1-4H3. The molecule has 0 N–H and O–H groups in total. The Morgan fingerprint density at radius 1 is 0.762 bits per heavy atom. The van der Waals surface area contributed by atoms with Crippen molar-refractivity contribution in [2.75, 3.05) is 12.5 Å². The fraction of sp³-hybridized carbons (Fsp3) is 0.294. The molecular formula is C17H21OPS2. The maximum absolute atomic E-state index is 6.22. The number of rotatable bonds is 6. The van der Waals surface area contributed by atoms with Crippen LogP contribution in [0.4, 0.5) is 0 Å². The summed E-state index contributed by atoms with van der Waals surface area (Å²) in [6.45, 7) is 4.20. The van der Waals surface area contributed by atoms with Crippen molar-refractivity contribution in [3.8, 4) is 0 Å². The first-order chi connectivity index (χ1) is 10.1. The van der Waals surface area contributed by atoms with Crippen molar-refractivity contribution in [2.24, 2.45) is 0 Å². The monoisotopic (exact) mass is 336 g/mol. The van der Waals surface area contributed by atoms with Crippen molar-refractivity contribution in [2.45, 2.75) is 29.7 Å². The Kier molecular flexibility index (Phi) is 6.63. The SMILES string of the molecule is CSc1ccc(P(OC(C)C)c2ccc(SC)cc2)cc1. The molecule has 0 spiro atoms. The molecule has 0 radical (unpaired) electrons. The molecule has 4 heteroatoms. The summed E-state index contributed by atoms with van der Waals surface area (Å²) in [4.78, 5) is 2.58. The van der Waals surface area contributed by atoms with Gasteiger partial charge in [-0.2, -0.15) is 0 Å². The summed E-state index contributed by atoms with van der Waals surface area (Å²) >= 11 is 3.53. The molecule has 2 rings (SSSR count). The maximum atomic E-state index is 6.22. The molecule has 2 aromatic carbocycles. The zero-order valence-electron chi connectivity index (χ0n) is 12.9. The second kappa shape index (κ2) is 8.24. The number of thioether (sulfide) groups is 2. The van der Waals surface area contributed by atoms with Crippen LogP contribution in [0.5, 0.6) is 0 Å². The van der Waals surface area contributed by atoms with E-state index in [9.17, 15) is 0 Å². The second-order valence-corrected chi connectivity index (χ2v) is 8.44. The molecule has 21 heavy (non-hydrogen) atoms. The van der Waals surface area contributed by atoms with Gasteiger partial charge in [0.2, 0.25) is 0 Å². The summed E-state index contributed by atoms with van der Waals surface area (Å²) in [5.41, 5.74) is 0. The van der Waals surface area contributed by atoms with Gasteiger partial charge in [-0.15, -0.1) is 23.5 Å². The average Bonchev–Trinajstić information content (AvgIpc) is 2.53. The van der Waals surface area contributed by atoms with E-state index < -0.39 is 8.15 Å². The molecule has 0 heterocycles. The Labute approximate surface area is 137 Å². The van der Waals surface area contributed by atoms with Crippen LogP contribution < -0.4 is 10.6 Å². The molecule has 0 aliphatic carbocycles. The Balaban J connectivity index is 2.31. The first-order valence-electron chi connectivity index (χ1n) is 6.89. The van der Waals surface area contributed by atoms with Gasteiger partial charge in [0.15, 0.2) is 0 Å². The Hall–Kier alpha value is -0.470. The second-order valence-electron chi connectivity index (χ2n) is 4.84. The molecule has 0 unspecified atom stereocenters. The predicted molar refractivity (Wildman–Crippen MR) is 98.9 cm³/mol. The summed E-state index contributed by atoms with van der Waals surface area (Å²) < 4.78 is 6.22. The average molecular weight is 336 g/mol. The van der Waals surface area contributed by atoms with Crippen LogP contribution in [0.1, 0.15) is 13.8 Å². The van der Waals surface area contributed by atoms with Gasteiger partial charge in [0.05, 0.1) is 14.3 Å². The van der Waals surface area contributed by atoms with Gasteiger partial charge in [0, 0.05) is 20.4 Å². The van der Waals surface area contributed by atoms with Crippen LogP contribution in [0.3, 0.4) is 0 Å². The van der Waals surface area contributed by atoms with Crippen LogP contribution in [-0.2, 0) is 4.52 Å². The molecule has 0 aromatic heterocycles. The van der Waals surface area contributed by atoms with E-state index in [4.69, 9.17) is 4.52 Å². The topological polar surface area (TPSA) is 9.23 Å². The van der Waals surface area contributed by atoms with Crippen molar-refractivity contribution < 1.29 is 4.52 Å². The lowest BCUT2D eigenvalue weighted by molar-refractivity contribution is 0.278. The highest BCUT2D eigenvalue weighted by molar-refractivity contribution is 7.98. The Morgan fingerprint density at radius 2 is 1.14 bits per heavy atom. The van der Waals surface area contributed by atoms with Crippen LogP contribution in [-0.4, -0.2) is 18.6 Å². The predicted octanol–water partition coefficient (Wildman–Crippen LogP) is 4.90. The molecule has 112 valence electrons. The highest BCUT2D eigenvalue weighted by Gasteiger charge is 2.16. The van der Waals surface area contributed by atoms with Gasteiger partial charge in [-0.25, -0.2) is 0 Å². The number of hydrogen-bond acceptors (Lipinski definition) is 3. The Bertz CT molecular complexity index is 505. The van der Waals surface area contributed by atoms with E-state index in [1.807, 2.05) is 0 Å². The zero-order valence-corrected chi connectivity index (χ0v) is 15.4.